The molecule has 0 aliphatic rings. The van der Waals surface area contributed by atoms with Crippen LogP contribution < -0.4 is 11.1 Å². The molecule has 0 fully saturated rings. The Labute approximate surface area is 117 Å². The first-order chi connectivity index (χ1) is 9.30. The Kier molecular flexibility index (Phi) is 6.13. The molecule has 0 heterocycles. The van der Waals surface area contributed by atoms with Gasteiger partial charge in [0.25, 0.3) is 0 Å². The van der Waals surface area contributed by atoms with Crippen LogP contribution in [0.5, 0.6) is 0 Å². The number of halogens is 3. The van der Waals surface area contributed by atoms with Gasteiger partial charge in [0.15, 0.2) is 0 Å². The Hall–Kier alpha value is -1.43. The van der Waals surface area contributed by atoms with Gasteiger partial charge in [-0.1, -0.05) is 13.8 Å². The molecule has 0 spiro atoms. The summed E-state index contributed by atoms with van der Waals surface area (Å²) >= 11 is 0. The second kappa shape index (κ2) is 7.38. The van der Waals surface area contributed by atoms with Crippen molar-refractivity contribution < 1.29 is 17.9 Å². The lowest BCUT2D eigenvalue weighted by atomic mass is 10.1. The molecular formula is C14H21F3N2O. The van der Waals surface area contributed by atoms with Crippen LogP contribution in [-0.2, 0) is 10.9 Å². The first kappa shape index (κ1) is 16.6. The lowest BCUT2D eigenvalue weighted by Gasteiger charge is -2.15. The van der Waals surface area contributed by atoms with Gasteiger partial charge in [-0.05, 0) is 30.5 Å². The van der Waals surface area contributed by atoms with Crippen LogP contribution in [0.2, 0.25) is 0 Å². The zero-order chi connectivity index (χ0) is 15.2. The van der Waals surface area contributed by atoms with E-state index in [0.717, 1.165) is 12.5 Å². The lowest BCUT2D eigenvalue weighted by Crippen LogP contribution is -2.15. The van der Waals surface area contributed by atoms with Crippen LogP contribution in [0.1, 0.15) is 25.8 Å². The topological polar surface area (TPSA) is 47.3 Å². The molecular weight excluding hydrogens is 269 g/mol. The predicted octanol–water partition coefficient (Wildman–Crippen LogP) is 3.76. The molecule has 1 aromatic carbocycles. The second-order valence-electron chi connectivity index (χ2n) is 5.02. The third kappa shape index (κ3) is 5.69. The Morgan fingerprint density at radius 1 is 1.25 bits per heavy atom. The van der Waals surface area contributed by atoms with E-state index in [1.54, 1.807) is 0 Å². The smallest absolute Gasteiger partial charge is 0.399 e. The number of nitrogen functional groups attached to an aromatic ring is 1. The fourth-order valence-electron chi connectivity index (χ4n) is 1.63. The van der Waals surface area contributed by atoms with E-state index in [1.165, 1.54) is 12.1 Å². The van der Waals surface area contributed by atoms with Crippen molar-refractivity contribution in [2.45, 2.75) is 26.4 Å². The molecule has 6 heteroatoms. The lowest BCUT2D eigenvalue weighted by molar-refractivity contribution is -0.136. The van der Waals surface area contributed by atoms with Gasteiger partial charge in [-0.3, -0.25) is 0 Å². The number of hydrogen-bond donors (Lipinski definition) is 2. The van der Waals surface area contributed by atoms with Crippen molar-refractivity contribution in [2.24, 2.45) is 5.92 Å². The summed E-state index contributed by atoms with van der Waals surface area (Å²) in [5.41, 5.74) is 4.76. The van der Waals surface area contributed by atoms with Crippen LogP contribution in [-0.4, -0.2) is 19.8 Å². The molecule has 0 saturated carbocycles. The third-order valence-electron chi connectivity index (χ3n) is 2.75. The fourth-order valence-corrected chi connectivity index (χ4v) is 1.63. The van der Waals surface area contributed by atoms with Gasteiger partial charge >= 0.3 is 6.18 Å². The maximum absolute atomic E-state index is 12.8. The van der Waals surface area contributed by atoms with Crippen LogP contribution in [0.3, 0.4) is 0 Å². The van der Waals surface area contributed by atoms with E-state index in [1.807, 2.05) is 0 Å². The number of ether oxygens (including phenoxy) is 1. The summed E-state index contributed by atoms with van der Waals surface area (Å²) in [6, 6.07) is 3.71. The van der Waals surface area contributed by atoms with E-state index in [0.29, 0.717) is 25.7 Å². The Morgan fingerprint density at radius 3 is 2.55 bits per heavy atom. The van der Waals surface area contributed by atoms with E-state index in [2.05, 4.69) is 19.2 Å². The monoisotopic (exact) mass is 290 g/mol. The predicted molar refractivity (Wildman–Crippen MR) is 74.6 cm³/mol. The summed E-state index contributed by atoms with van der Waals surface area (Å²) in [4.78, 5) is 0. The molecule has 114 valence electrons. The summed E-state index contributed by atoms with van der Waals surface area (Å²) in [7, 11) is 0. The molecule has 0 amide bonds. The van der Waals surface area contributed by atoms with E-state index in [4.69, 9.17) is 10.5 Å². The molecule has 0 aliphatic carbocycles. The van der Waals surface area contributed by atoms with Crippen molar-refractivity contribution in [3.05, 3.63) is 23.8 Å². The molecule has 20 heavy (non-hydrogen) atoms. The van der Waals surface area contributed by atoms with Crippen molar-refractivity contribution in [3.63, 3.8) is 0 Å². The van der Waals surface area contributed by atoms with Gasteiger partial charge in [0.1, 0.15) is 0 Å². The van der Waals surface area contributed by atoms with Crippen LogP contribution in [0.25, 0.3) is 0 Å². The third-order valence-corrected chi connectivity index (χ3v) is 2.75. The fraction of sp³-hybridized carbons (Fsp3) is 0.571. The van der Waals surface area contributed by atoms with Gasteiger partial charge in [-0.25, -0.2) is 0 Å². The normalized spacial score (nSPS) is 11.9. The van der Waals surface area contributed by atoms with Gasteiger partial charge in [0, 0.05) is 24.5 Å². The SMILES string of the molecule is CC(C)CCOCCNc1ccc(N)cc1C(F)(F)F. The number of benzene rings is 1. The number of alkyl halides is 3. The molecule has 0 aromatic heterocycles. The highest BCUT2D eigenvalue weighted by atomic mass is 19.4. The highest BCUT2D eigenvalue weighted by molar-refractivity contribution is 5.59. The molecule has 0 unspecified atom stereocenters. The molecule has 0 radical (unpaired) electrons. The number of hydrogen-bond acceptors (Lipinski definition) is 3. The van der Waals surface area contributed by atoms with Gasteiger partial charge < -0.3 is 15.8 Å². The van der Waals surface area contributed by atoms with Crippen LogP contribution >= 0.6 is 0 Å². The zero-order valence-corrected chi connectivity index (χ0v) is 11.8. The van der Waals surface area contributed by atoms with Gasteiger partial charge in [0.2, 0.25) is 0 Å². The van der Waals surface area contributed by atoms with Crippen LogP contribution in [0, 0.1) is 5.92 Å². The molecule has 1 rings (SSSR count). The van der Waals surface area contributed by atoms with E-state index < -0.39 is 11.7 Å². The van der Waals surface area contributed by atoms with Crippen LogP contribution in [0.4, 0.5) is 24.5 Å². The first-order valence-electron chi connectivity index (χ1n) is 6.59. The van der Waals surface area contributed by atoms with Gasteiger partial charge in [0.05, 0.1) is 12.2 Å². The number of rotatable bonds is 7. The van der Waals surface area contributed by atoms with Crippen molar-refractivity contribution in [2.75, 3.05) is 30.8 Å². The first-order valence-corrected chi connectivity index (χ1v) is 6.59. The largest absolute Gasteiger partial charge is 0.418 e. The Bertz CT molecular complexity index is 419. The summed E-state index contributed by atoms with van der Waals surface area (Å²) in [5.74, 6) is 0.553. The van der Waals surface area contributed by atoms with E-state index >= 15 is 0 Å². The summed E-state index contributed by atoms with van der Waals surface area (Å²) < 4.78 is 43.8. The average molecular weight is 290 g/mol. The van der Waals surface area contributed by atoms with Crippen molar-refractivity contribution in [1.29, 1.82) is 0 Å². The maximum Gasteiger partial charge on any atom is 0.418 e. The standard InChI is InChI=1S/C14H21F3N2O/c1-10(2)5-7-20-8-6-19-13-4-3-11(18)9-12(13)14(15,16)17/h3-4,9-10,19H,5-8,18H2,1-2H3. The van der Waals surface area contributed by atoms with Gasteiger partial charge in [-0.15, -0.1) is 0 Å². The highest BCUT2D eigenvalue weighted by Crippen LogP contribution is 2.35. The number of nitrogens with one attached hydrogen (secondary N) is 1. The number of anilines is 2. The summed E-state index contributed by atoms with van der Waals surface area (Å²) in [6.45, 7) is 5.49. The minimum Gasteiger partial charge on any atom is -0.399 e. The molecule has 0 bridgehead atoms. The van der Waals surface area contributed by atoms with Gasteiger partial charge in [-0.2, -0.15) is 13.2 Å². The zero-order valence-electron chi connectivity index (χ0n) is 11.8. The highest BCUT2D eigenvalue weighted by Gasteiger charge is 2.33. The molecule has 3 N–H and O–H groups in total. The van der Waals surface area contributed by atoms with Crippen molar-refractivity contribution in [1.82, 2.24) is 0 Å². The molecule has 0 atom stereocenters. The Morgan fingerprint density at radius 2 is 1.95 bits per heavy atom. The van der Waals surface area contributed by atoms with E-state index in [-0.39, 0.29) is 11.4 Å². The number of nitrogens with two attached hydrogens (primary N) is 1. The molecule has 1 aromatic rings. The molecule has 3 nitrogen and oxygen atoms in total. The maximum atomic E-state index is 12.8. The van der Waals surface area contributed by atoms with Crippen molar-refractivity contribution in [3.8, 4) is 0 Å². The molecule has 0 aliphatic heterocycles. The minimum atomic E-state index is -4.42. The Balaban J connectivity index is 2.48. The minimum absolute atomic E-state index is 0.0270. The van der Waals surface area contributed by atoms with Crippen molar-refractivity contribution >= 4 is 11.4 Å². The summed E-state index contributed by atoms with van der Waals surface area (Å²) in [5, 5.41) is 2.73. The summed E-state index contributed by atoms with van der Waals surface area (Å²) in [6.07, 6.45) is -3.48. The molecule has 0 saturated heterocycles. The second-order valence-corrected chi connectivity index (χ2v) is 5.02. The average Bonchev–Trinajstić information content (AvgIpc) is 2.33. The van der Waals surface area contributed by atoms with E-state index in [9.17, 15) is 13.2 Å². The van der Waals surface area contributed by atoms with Crippen LogP contribution in [0.15, 0.2) is 18.2 Å². The quantitative estimate of drug-likeness (QED) is 0.593.